The molecule has 152 valence electrons. The van der Waals surface area contributed by atoms with Crippen molar-refractivity contribution >= 4 is 29.4 Å². The Morgan fingerprint density at radius 1 is 1.13 bits per heavy atom. The van der Waals surface area contributed by atoms with Crippen LogP contribution in [0.25, 0.3) is 10.6 Å². The third-order valence-electron chi connectivity index (χ3n) is 5.80. The van der Waals surface area contributed by atoms with E-state index in [9.17, 15) is 14.7 Å². The van der Waals surface area contributed by atoms with Crippen molar-refractivity contribution in [2.24, 2.45) is 0 Å². The van der Waals surface area contributed by atoms with Crippen LogP contribution in [0, 0.1) is 0 Å². The fourth-order valence-electron chi connectivity index (χ4n) is 4.08. The normalized spacial score (nSPS) is 25.0. The van der Waals surface area contributed by atoms with E-state index in [2.05, 4.69) is 19.7 Å². The number of fused-ring (bicyclic) bond motifs is 2. The molecule has 8 nitrogen and oxygen atoms in total. The highest BCUT2D eigenvalue weighted by atomic mass is 32.1. The number of carbonyl (C=O) groups excluding carboxylic acids is 2. The van der Waals surface area contributed by atoms with Crippen molar-refractivity contribution in [3.8, 4) is 10.6 Å². The van der Waals surface area contributed by atoms with Gasteiger partial charge < -0.3 is 9.84 Å². The minimum absolute atomic E-state index is 0.149. The summed E-state index contributed by atoms with van der Waals surface area (Å²) in [6.45, 7) is 0. The van der Waals surface area contributed by atoms with Gasteiger partial charge in [-0.05, 0) is 43.3 Å². The zero-order valence-electron chi connectivity index (χ0n) is 15.9. The lowest BCUT2D eigenvalue weighted by Gasteiger charge is -2.39. The van der Waals surface area contributed by atoms with Gasteiger partial charge in [0.05, 0.1) is 5.56 Å². The number of amides is 1. The summed E-state index contributed by atoms with van der Waals surface area (Å²) >= 11 is 1.18. The van der Waals surface area contributed by atoms with Gasteiger partial charge in [0.15, 0.2) is 0 Å². The molecule has 1 saturated carbocycles. The molecule has 1 aliphatic carbocycles. The van der Waals surface area contributed by atoms with Crippen LogP contribution in [0.15, 0.2) is 48.8 Å². The average Bonchev–Trinajstić information content (AvgIpc) is 3.35. The smallest absolute Gasteiger partial charge is 0.339 e. The molecule has 30 heavy (non-hydrogen) atoms. The van der Waals surface area contributed by atoms with Crippen molar-refractivity contribution in [3.63, 3.8) is 0 Å². The molecule has 1 fully saturated rings. The lowest BCUT2D eigenvalue weighted by Crippen LogP contribution is -2.49. The first-order valence-electron chi connectivity index (χ1n) is 9.60. The number of esters is 1. The van der Waals surface area contributed by atoms with Gasteiger partial charge in [0.25, 0.3) is 5.91 Å². The molecule has 5 rings (SSSR count). The quantitative estimate of drug-likeness (QED) is 0.624. The molecule has 2 aromatic heterocycles. The molecule has 0 radical (unpaired) electrons. The number of rotatable bonds is 3. The van der Waals surface area contributed by atoms with Gasteiger partial charge in [0, 0.05) is 23.5 Å². The van der Waals surface area contributed by atoms with E-state index in [1.54, 1.807) is 18.5 Å². The Kier molecular flexibility index (Phi) is 4.37. The molecule has 1 spiro atoms. The molecule has 1 aromatic carbocycles. The molecule has 0 unspecified atom stereocenters. The molecule has 3 aromatic rings. The van der Waals surface area contributed by atoms with Crippen molar-refractivity contribution in [1.29, 1.82) is 0 Å². The summed E-state index contributed by atoms with van der Waals surface area (Å²) in [7, 11) is 0. The monoisotopic (exact) mass is 422 g/mol. The molecule has 1 amide bonds. The van der Waals surface area contributed by atoms with E-state index in [0.29, 0.717) is 23.4 Å². The van der Waals surface area contributed by atoms with E-state index >= 15 is 0 Å². The third kappa shape index (κ3) is 3.06. The molecule has 0 saturated heterocycles. The standard InChI is InChI=1S/C21H18N4O4S/c26-17-14-6-11-22-12-15(14)21(29-17)9-7-20(28,8-10-21)18(27)24-19-23-16(30-25-19)13-4-2-1-3-5-13/h1-6,11-12,28H,7-10H2,(H,24,25,27). The SMILES string of the molecule is O=C1OC2(CCC(O)(C(=O)Nc3nsc(-c4ccccc4)n3)CC2)c2cnccc21. The second-order valence-corrected chi connectivity index (χ2v) is 8.33. The van der Waals surface area contributed by atoms with Crippen LogP contribution in [-0.4, -0.2) is 36.9 Å². The minimum Gasteiger partial charge on any atom is -0.450 e. The fraction of sp³-hybridized carbons (Fsp3) is 0.286. The zero-order chi connectivity index (χ0) is 20.8. The Morgan fingerprint density at radius 2 is 1.90 bits per heavy atom. The van der Waals surface area contributed by atoms with Crippen molar-refractivity contribution in [1.82, 2.24) is 14.3 Å². The van der Waals surface area contributed by atoms with E-state index in [1.807, 2.05) is 30.3 Å². The molecule has 3 heterocycles. The minimum atomic E-state index is -1.58. The van der Waals surface area contributed by atoms with Crippen molar-refractivity contribution < 1.29 is 19.4 Å². The van der Waals surface area contributed by atoms with E-state index < -0.39 is 17.1 Å². The van der Waals surface area contributed by atoms with Crippen molar-refractivity contribution in [2.45, 2.75) is 36.9 Å². The largest absolute Gasteiger partial charge is 0.450 e. The summed E-state index contributed by atoms with van der Waals surface area (Å²) < 4.78 is 9.84. The molecular weight excluding hydrogens is 404 g/mol. The number of nitrogens with one attached hydrogen (secondary N) is 1. The number of hydrogen-bond acceptors (Lipinski definition) is 8. The summed E-state index contributed by atoms with van der Waals surface area (Å²) in [5.74, 6) is -0.771. The number of anilines is 1. The maximum Gasteiger partial charge on any atom is 0.339 e. The lowest BCUT2D eigenvalue weighted by molar-refractivity contribution is -0.144. The average molecular weight is 422 g/mol. The third-order valence-corrected chi connectivity index (χ3v) is 6.56. The highest BCUT2D eigenvalue weighted by Crippen LogP contribution is 2.49. The number of nitrogens with zero attached hydrogens (tertiary/aromatic N) is 3. The maximum atomic E-state index is 12.8. The van der Waals surface area contributed by atoms with Gasteiger partial charge in [-0.1, -0.05) is 30.3 Å². The Balaban J connectivity index is 1.29. The predicted molar refractivity (Wildman–Crippen MR) is 109 cm³/mol. The van der Waals surface area contributed by atoms with Gasteiger partial charge in [0.1, 0.15) is 16.2 Å². The van der Waals surface area contributed by atoms with Crippen LogP contribution >= 0.6 is 11.5 Å². The Hall–Kier alpha value is -3.17. The summed E-state index contributed by atoms with van der Waals surface area (Å²) in [5.41, 5.74) is -0.275. The van der Waals surface area contributed by atoms with Crippen molar-refractivity contribution in [2.75, 3.05) is 5.32 Å². The van der Waals surface area contributed by atoms with Gasteiger partial charge in [-0.2, -0.15) is 9.36 Å². The zero-order valence-corrected chi connectivity index (χ0v) is 16.7. The molecule has 0 bridgehead atoms. The van der Waals surface area contributed by atoms with Crippen LogP contribution in [-0.2, 0) is 15.1 Å². The first kappa shape index (κ1) is 18.8. The van der Waals surface area contributed by atoms with E-state index in [4.69, 9.17) is 4.74 Å². The topological polar surface area (TPSA) is 114 Å². The van der Waals surface area contributed by atoms with E-state index in [1.165, 1.54) is 11.5 Å². The highest BCUT2D eigenvalue weighted by Gasteiger charge is 2.53. The number of ether oxygens (including phenoxy) is 1. The molecule has 2 aliphatic rings. The number of pyridine rings is 1. The van der Waals surface area contributed by atoms with Crippen molar-refractivity contribution in [3.05, 3.63) is 59.9 Å². The number of aromatic nitrogens is 3. The highest BCUT2D eigenvalue weighted by molar-refractivity contribution is 7.09. The summed E-state index contributed by atoms with van der Waals surface area (Å²) in [6.07, 6.45) is 4.15. The first-order chi connectivity index (χ1) is 14.5. The molecule has 1 aliphatic heterocycles. The summed E-state index contributed by atoms with van der Waals surface area (Å²) in [4.78, 5) is 33.4. The number of benzene rings is 1. The number of hydrogen-bond donors (Lipinski definition) is 2. The van der Waals surface area contributed by atoms with Gasteiger partial charge >= 0.3 is 5.97 Å². The fourth-order valence-corrected chi connectivity index (χ4v) is 4.71. The molecule has 0 atom stereocenters. The van der Waals surface area contributed by atoms with Crippen LogP contribution in [0.4, 0.5) is 5.95 Å². The van der Waals surface area contributed by atoms with E-state index in [0.717, 1.165) is 11.1 Å². The molecule has 2 N–H and O–H groups in total. The maximum absolute atomic E-state index is 12.8. The molecule has 9 heteroatoms. The van der Waals surface area contributed by atoms with Gasteiger partial charge in [-0.25, -0.2) is 4.79 Å². The van der Waals surface area contributed by atoms with Crippen LogP contribution in [0.2, 0.25) is 0 Å². The first-order valence-corrected chi connectivity index (χ1v) is 10.4. The summed E-state index contributed by atoms with van der Waals surface area (Å²) in [6, 6.07) is 11.2. The number of aliphatic hydroxyl groups is 1. The second kappa shape index (κ2) is 6.96. The number of carbonyl (C=O) groups is 2. The molecular formula is C21H18N4O4S. The van der Waals surface area contributed by atoms with Crippen LogP contribution in [0.1, 0.15) is 41.6 Å². The lowest BCUT2D eigenvalue weighted by atomic mass is 9.73. The van der Waals surface area contributed by atoms with Gasteiger partial charge in [0.2, 0.25) is 5.95 Å². The Bertz CT molecular complexity index is 1120. The Morgan fingerprint density at radius 3 is 2.67 bits per heavy atom. The van der Waals surface area contributed by atoms with Crippen LogP contribution < -0.4 is 5.32 Å². The second-order valence-electron chi connectivity index (χ2n) is 7.58. The predicted octanol–water partition coefficient (Wildman–Crippen LogP) is 2.91. The van der Waals surface area contributed by atoms with Crippen LogP contribution in [0.5, 0.6) is 0 Å². The Labute approximate surface area is 176 Å². The van der Waals surface area contributed by atoms with Gasteiger partial charge in [-0.15, -0.1) is 0 Å². The van der Waals surface area contributed by atoms with Gasteiger partial charge in [-0.3, -0.25) is 15.1 Å². The van der Waals surface area contributed by atoms with E-state index in [-0.39, 0.29) is 24.8 Å². The summed E-state index contributed by atoms with van der Waals surface area (Å²) in [5, 5.41) is 14.3. The van der Waals surface area contributed by atoms with Crippen LogP contribution in [0.3, 0.4) is 0 Å².